The Morgan fingerprint density at radius 1 is 1.29 bits per heavy atom. The smallest absolute Gasteiger partial charge is 0.306 e. The van der Waals surface area contributed by atoms with Gasteiger partial charge in [-0.05, 0) is 49.9 Å². The highest BCUT2D eigenvalue weighted by molar-refractivity contribution is 9.10. The average molecular weight is 294 g/mol. The number of hydrogen-bond donors (Lipinski definition) is 0. The highest BCUT2D eigenvalue weighted by atomic mass is 79.9. The first-order valence-electron chi connectivity index (χ1n) is 5.71. The van der Waals surface area contributed by atoms with Gasteiger partial charge in [0.2, 0.25) is 0 Å². The van der Waals surface area contributed by atoms with E-state index in [0.717, 1.165) is 21.5 Å². The van der Waals surface area contributed by atoms with Crippen molar-refractivity contribution in [2.75, 3.05) is 0 Å². The van der Waals surface area contributed by atoms with Crippen molar-refractivity contribution in [3.05, 3.63) is 44.7 Å². The van der Waals surface area contributed by atoms with E-state index in [4.69, 9.17) is 0 Å². The summed E-state index contributed by atoms with van der Waals surface area (Å²) < 4.78 is 1.06. The first kappa shape index (κ1) is 14.1. The van der Waals surface area contributed by atoms with E-state index in [-0.39, 0.29) is 0 Å². The van der Waals surface area contributed by atoms with Crippen LogP contribution in [-0.2, 0) is 0 Å². The molecule has 0 aromatic heterocycles. The first-order valence-corrected chi connectivity index (χ1v) is 6.50. The van der Waals surface area contributed by atoms with Crippen LogP contribution in [0, 0.1) is 12.8 Å². The molecule has 0 saturated carbocycles. The monoisotopic (exact) mass is 293 g/mol. The van der Waals surface area contributed by atoms with E-state index in [1.807, 2.05) is 20.8 Å². The molecular formula is C14H18BrN2. The van der Waals surface area contributed by atoms with Crippen LogP contribution in [0.5, 0.6) is 0 Å². The van der Waals surface area contributed by atoms with E-state index in [9.17, 15) is 5.53 Å². The number of halogens is 1. The van der Waals surface area contributed by atoms with Gasteiger partial charge in [0.1, 0.15) is 0 Å². The second-order valence-corrected chi connectivity index (χ2v) is 5.71. The van der Waals surface area contributed by atoms with Crippen molar-refractivity contribution in [2.45, 2.75) is 40.5 Å². The predicted octanol–water partition coefficient (Wildman–Crippen LogP) is 4.51. The van der Waals surface area contributed by atoms with Gasteiger partial charge in [0.15, 0.2) is 0 Å². The van der Waals surface area contributed by atoms with Gasteiger partial charge in [0.25, 0.3) is 0 Å². The van der Waals surface area contributed by atoms with Gasteiger partial charge >= 0.3 is 5.71 Å². The number of hydrogen-bond acceptors (Lipinski definition) is 0. The average Bonchev–Trinajstić information content (AvgIpc) is 2.20. The molecule has 1 rings (SSSR count). The van der Waals surface area contributed by atoms with Crippen LogP contribution in [0.15, 0.2) is 16.6 Å². The second kappa shape index (κ2) is 5.61. The third kappa shape index (κ3) is 3.05. The Morgan fingerprint density at radius 2 is 1.88 bits per heavy atom. The lowest BCUT2D eigenvalue weighted by Gasteiger charge is -2.14. The normalized spacial score (nSPS) is 10.8. The zero-order valence-corrected chi connectivity index (χ0v) is 12.6. The minimum Gasteiger partial charge on any atom is -0.361 e. The maximum atomic E-state index is 9.21. The molecule has 91 valence electrons. The molecule has 0 N–H and O–H groups in total. The van der Waals surface area contributed by atoms with Crippen LogP contribution in [0.25, 0.3) is 5.53 Å². The van der Waals surface area contributed by atoms with Crippen LogP contribution in [0.2, 0.25) is 0 Å². The number of nitrogens with zero attached hydrogens (tertiary/aromatic N) is 2. The summed E-state index contributed by atoms with van der Waals surface area (Å²) in [5, 5.41) is 0. The van der Waals surface area contributed by atoms with Crippen molar-refractivity contribution in [3.8, 4) is 0 Å². The molecule has 0 fully saturated rings. The summed E-state index contributed by atoms with van der Waals surface area (Å²) in [6.45, 7) is 10.2. The van der Waals surface area contributed by atoms with E-state index in [0.29, 0.717) is 11.6 Å². The van der Waals surface area contributed by atoms with E-state index in [1.165, 1.54) is 5.56 Å². The van der Waals surface area contributed by atoms with Crippen LogP contribution in [-0.4, -0.2) is 10.5 Å². The Hall–Kier alpha value is -0.920. The number of aryl methyl sites for hydroxylation is 1. The van der Waals surface area contributed by atoms with Crippen molar-refractivity contribution in [2.24, 2.45) is 0 Å². The Morgan fingerprint density at radius 3 is 2.29 bits per heavy atom. The van der Waals surface area contributed by atoms with E-state index in [2.05, 4.69) is 46.7 Å². The van der Waals surface area contributed by atoms with Gasteiger partial charge in [-0.25, -0.2) is 0 Å². The Balaban J connectivity index is 3.56. The number of rotatable bonds is 3. The van der Waals surface area contributed by atoms with E-state index >= 15 is 0 Å². The van der Waals surface area contributed by atoms with Gasteiger partial charge in [0, 0.05) is 4.47 Å². The fraction of sp³-hybridized carbons (Fsp3) is 0.429. The highest BCUT2D eigenvalue weighted by Crippen LogP contribution is 2.29. The van der Waals surface area contributed by atoms with Gasteiger partial charge in [-0.3, -0.25) is 0 Å². The summed E-state index contributed by atoms with van der Waals surface area (Å²) >= 11 is 3.51. The lowest BCUT2D eigenvalue weighted by molar-refractivity contribution is -0.00502. The summed E-state index contributed by atoms with van der Waals surface area (Å²) in [5.41, 5.74) is 13.3. The van der Waals surface area contributed by atoms with Crippen LogP contribution in [0.4, 0.5) is 0 Å². The molecule has 1 radical (unpaired) electrons. The number of benzene rings is 1. The molecule has 1 aromatic carbocycles. The molecule has 0 aliphatic heterocycles. The zero-order valence-electron chi connectivity index (χ0n) is 11.0. The summed E-state index contributed by atoms with van der Waals surface area (Å²) in [4.78, 5) is 3.46. The Kier molecular flexibility index (Phi) is 4.67. The molecule has 2 nitrogen and oxygen atoms in total. The lowest BCUT2D eigenvalue weighted by Crippen LogP contribution is -2.14. The molecule has 0 atom stereocenters. The van der Waals surface area contributed by atoms with Crippen LogP contribution >= 0.6 is 15.9 Å². The van der Waals surface area contributed by atoms with Gasteiger partial charge in [-0.2, -0.15) is 4.79 Å². The van der Waals surface area contributed by atoms with Crippen molar-refractivity contribution in [1.82, 2.24) is 0 Å². The molecule has 0 aliphatic carbocycles. The fourth-order valence-electron chi connectivity index (χ4n) is 1.95. The fourth-order valence-corrected chi connectivity index (χ4v) is 2.54. The van der Waals surface area contributed by atoms with Crippen molar-refractivity contribution >= 4 is 21.6 Å². The maximum Gasteiger partial charge on any atom is 0.306 e. The van der Waals surface area contributed by atoms with E-state index < -0.39 is 0 Å². The zero-order chi connectivity index (χ0) is 13.2. The second-order valence-electron chi connectivity index (χ2n) is 4.79. The molecular weight excluding hydrogens is 276 g/mol. The van der Waals surface area contributed by atoms with Gasteiger partial charge in [-0.15, -0.1) is 0 Å². The SMILES string of the molecule is C[C](C)C(=[N+]=[N-])c1c(C)cc(Br)cc1C(C)C. The van der Waals surface area contributed by atoms with Crippen molar-refractivity contribution < 1.29 is 4.79 Å². The maximum absolute atomic E-state index is 9.21. The first-order chi connectivity index (χ1) is 7.88. The third-order valence-electron chi connectivity index (χ3n) is 2.76. The Bertz CT molecular complexity index is 469. The molecule has 0 bridgehead atoms. The quantitative estimate of drug-likeness (QED) is 0.446. The molecule has 17 heavy (non-hydrogen) atoms. The highest BCUT2D eigenvalue weighted by Gasteiger charge is 2.24. The van der Waals surface area contributed by atoms with Crippen molar-refractivity contribution in [1.29, 1.82) is 0 Å². The topological polar surface area (TPSA) is 36.4 Å². The van der Waals surface area contributed by atoms with Gasteiger partial charge < -0.3 is 5.53 Å². The Labute approximate surface area is 112 Å². The predicted molar refractivity (Wildman–Crippen MR) is 75.3 cm³/mol. The summed E-state index contributed by atoms with van der Waals surface area (Å²) in [6.07, 6.45) is 0. The van der Waals surface area contributed by atoms with Gasteiger partial charge in [0.05, 0.1) is 11.5 Å². The van der Waals surface area contributed by atoms with Gasteiger partial charge in [-0.1, -0.05) is 29.8 Å². The molecule has 0 aliphatic rings. The van der Waals surface area contributed by atoms with E-state index in [1.54, 1.807) is 0 Å². The third-order valence-corrected chi connectivity index (χ3v) is 3.22. The van der Waals surface area contributed by atoms with Crippen LogP contribution < -0.4 is 0 Å². The molecule has 0 amide bonds. The summed E-state index contributed by atoms with van der Waals surface area (Å²) in [7, 11) is 0. The lowest BCUT2D eigenvalue weighted by atomic mass is 9.87. The largest absolute Gasteiger partial charge is 0.361 e. The van der Waals surface area contributed by atoms with Crippen LogP contribution in [0.3, 0.4) is 0 Å². The summed E-state index contributed by atoms with van der Waals surface area (Å²) in [5.74, 6) is 1.40. The van der Waals surface area contributed by atoms with Crippen molar-refractivity contribution in [3.63, 3.8) is 0 Å². The molecule has 0 saturated heterocycles. The standard InChI is InChI=1S/C14H18BrN2/c1-8(2)12-7-11(15)6-10(5)13(12)14(17-16)9(3)4/h6-8H,1-5H3. The molecule has 3 heteroatoms. The summed E-state index contributed by atoms with van der Waals surface area (Å²) in [6, 6.07) is 4.15. The minimum atomic E-state index is 0.386. The molecule has 0 spiro atoms. The van der Waals surface area contributed by atoms with Crippen LogP contribution in [0.1, 0.15) is 50.3 Å². The molecule has 1 aromatic rings. The minimum absolute atomic E-state index is 0.386. The molecule has 0 heterocycles. The molecule has 0 unspecified atom stereocenters.